The first-order valence-electron chi connectivity index (χ1n) is 6.06. The smallest absolute Gasteiger partial charge is 0.356 e. The Morgan fingerprint density at radius 3 is 2.88 bits per heavy atom. The highest BCUT2D eigenvalue weighted by Crippen LogP contribution is 2.31. The van der Waals surface area contributed by atoms with Gasteiger partial charge in [-0.05, 0) is 25.8 Å². The first-order valence-corrected chi connectivity index (χ1v) is 6.06. The van der Waals surface area contributed by atoms with Crippen molar-refractivity contribution in [2.24, 2.45) is 0 Å². The maximum atomic E-state index is 11.9. The first-order chi connectivity index (χ1) is 8.27. The Labute approximate surface area is 101 Å². The van der Waals surface area contributed by atoms with Crippen molar-refractivity contribution < 1.29 is 9.53 Å². The predicted molar refractivity (Wildman–Crippen MR) is 62.6 cm³/mol. The van der Waals surface area contributed by atoms with Crippen LogP contribution in [0.25, 0.3) is 0 Å². The minimum atomic E-state index is -0.388. The minimum Gasteiger partial charge on any atom is -0.461 e. The van der Waals surface area contributed by atoms with Crippen LogP contribution in [0.5, 0.6) is 0 Å². The Morgan fingerprint density at radius 2 is 2.29 bits per heavy atom. The second-order valence-electron chi connectivity index (χ2n) is 4.26. The van der Waals surface area contributed by atoms with Gasteiger partial charge in [0, 0.05) is 12.2 Å². The fraction of sp³-hybridized carbons (Fsp3) is 0.538. The number of hydrogen-bond donors (Lipinski definition) is 0. The molecule has 1 fully saturated rings. The van der Waals surface area contributed by atoms with E-state index in [9.17, 15) is 4.79 Å². The monoisotopic (exact) mass is 232 g/mol. The highest BCUT2D eigenvalue weighted by molar-refractivity contribution is 5.90. The largest absolute Gasteiger partial charge is 0.461 e. The summed E-state index contributed by atoms with van der Waals surface area (Å²) in [5, 5.41) is 9.02. The van der Waals surface area contributed by atoms with Gasteiger partial charge in [-0.1, -0.05) is 12.8 Å². The van der Waals surface area contributed by atoms with E-state index < -0.39 is 0 Å². The Kier molecular flexibility index (Phi) is 3.48. The van der Waals surface area contributed by atoms with Crippen LogP contribution in [0.2, 0.25) is 0 Å². The number of rotatable bonds is 3. The zero-order valence-corrected chi connectivity index (χ0v) is 9.98. The molecular weight excluding hydrogens is 216 g/mol. The number of ether oxygens (including phenoxy) is 1. The van der Waals surface area contributed by atoms with Crippen molar-refractivity contribution in [3.05, 3.63) is 23.5 Å². The van der Waals surface area contributed by atoms with Crippen LogP contribution >= 0.6 is 0 Å². The molecule has 1 saturated carbocycles. The second-order valence-corrected chi connectivity index (χ2v) is 4.26. The summed E-state index contributed by atoms with van der Waals surface area (Å²) in [5.41, 5.74) is 0.830. The molecule has 0 radical (unpaired) electrons. The van der Waals surface area contributed by atoms with Crippen molar-refractivity contribution in [1.29, 1.82) is 5.26 Å². The van der Waals surface area contributed by atoms with Gasteiger partial charge in [0.1, 0.15) is 11.8 Å². The number of carbonyl (C=O) groups excluding carboxylic acids is 1. The van der Waals surface area contributed by atoms with Crippen LogP contribution < -0.4 is 0 Å². The molecule has 1 heterocycles. The molecule has 0 spiro atoms. The molecule has 0 atom stereocenters. The zero-order valence-electron chi connectivity index (χ0n) is 9.98. The SMILES string of the molecule is CCOC(=O)c1c(C#N)ccn1C1CCCC1. The Morgan fingerprint density at radius 1 is 1.59 bits per heavy atom. The maximum absolute atomic E-state index is 11.9. The highest BCUT2D eigenvalue weighted by Gasteiger charge is 2.25. The summed E-state index contributed by atoms with van der Waals surface area (Å²) in [6.45, 7) is 2.10. The summed E-state index contributed by atoms with van der Waals surface area (Å²) in [5.74, 6) is -0.388. The molecule has 1 aromatic heterocycles. The molecule has 4 nitrogen and oxygen atoms in total. The Hall–Kier alpha value is -1.76. The van der Waals surface area contributed by atoms with E-state index in [4.69, 9.17) is 10.00 Å². The molecule has 0 unspecified atom stereocenters. The number of aromatic nitrogens is 1. The average molecular weight is 232 g/mol. The lowest BCUT2D eigenvalue weighted by Crippen LogP contribution is -2.16. The van der Waals surface area contributed by atoms with Gasteiger partial charge in [-0.25, -0.2) is 4.79 Å². The summed E-state index contributed by atoms with van der Waals surface area (Å²) in [4.78, 5) is 11.9. The van der Waals surface area contributed by atoms with Crippen molar-refractivity contribution in [2.75, 3.05) is 6.61 Å². The predicted octanol–water partition coefficient (Wildman–Crippen LogP) is 2.65. The molecule has 1 aliphatic rings. The number of nitrogens with zero attached hydrogens (tertiary/aromatic N) is 2. The lowest BCUT2D eigenvalue weighted by molar-refractivity contribution is 0.0511. The molecule has 0 amide bonds. The van der Waals surface area contributed by atoms with E-state index in [1.807, 2.05) is 10.8 Å². The third kappa shape index (κ3) is 2.19. The van der Waals surface area contributed by atoms with Crippen LogP contribution in [0, 0.1) is 11.3 Å². The van der Waals surface area contributed by atoms with E-state index in [-0.39, 0.29) is 5.97 Å². The van der Waals surface area contributed by atoms with E-state index in [0.717, 1.165) is 12.8 Å². The molecule has 90 valence electrons. The lowest BCUT2D eigenvalue weighted by atomic mass is 10.2. The van der Waals surface area contributed by atoms with E-state index >= 15 is 0 Å². The molecule has 1 aromatic rings. The number of hydrogen-bond acceptors (Lipinski definition) is 3. The maximum Gasteiger partial charge on any atom is 0.356 e. The standard InChI is InChI=1S/C13H16N2O2/c1-2-17-13(16)12-10(9-14)7-8-15(12)11-5-3-4-6-11/h7-8,11H,2-6H2,1H3. The molecule has 17 heavy (non-hydrogen) atoms. The van der Waals surface area contributed by atoms with Crippen molar-refractivity contribution in [2.45, 2.75) is 38.6 Å². The zero-order chi connectivity index (χ0) is 12.3. The van der Waals surface area contributed by atoms with Gasteiger partial charge in [0.2, 0.25) is 0 Å². The third-order valence-corrected chi connectivity index (χ3v) is 3.22. The summed E-state index contributed by atoms with van der Waals surface area (Å²) in [6, 6.07) is 4.10. The second kappa shape index (κ2) is 5.05. The van der Waals surface area contributed by atoms with Crippen LogP contribution in [-0.4, -0.2) is 17.1 Å². The number of nitriles is 1. The van der Waals surface area contributed by atoms with Crippen molar-refractivity contribution >= 4 is 5.97 Å². The summed E-state index contributed by atoms with van der Waals surface area (Å²) in [7, 11) is 0. The molecule has 4 heteroatoms. The molecular formula is C13H16N2O2. The van der Waals surface area contributed by atoms with Gasteiger partial charge < -0.3 is 9.30 Å². The number of esters is 1. The van der Waals surface area contributed by atoms with Crippen LogP contribution in [0.15, 0.2) is 12.3 Å². The van der Waals surface area contributed by atoms with Gasteiger partial charge in [-0.3, -0.25) is 0 Å². The summed E-state index contributed by atoms with van der Waals surface area (Å²) in [6.07, 6.45) is 6.36. The van der Waals surface area contributed by atoms with Gasteiger partial charge in [0.15, 0.2) is 0 Å². The molecule has 1 aliphatic carbocycles. The van der Waals surface area contributed by atoms with Crippen LogP contribution in [-0.2, 0) is 4.74 Å². The topological polar surface area (TPSA) is 55.0 Å². The van der Waals surface area contributed by atoms with Gasteiger partial charge in [0.05, 0.1) is 12.2 Å². The fourth-order valence-electron chi connectivity index (χ4n) is 2.44. The average Bonchev–Trinajstić information content (AvgIpc) is 2.97. The van der Waals surface area contributed by atoms with Gasteiger partial charge in [-0.15, -0.1) is 0 Å². The summed E-state index contributed by atoms with van der Waals surface area (Å²) >= 11 is 0. The van der Waals surface area contributed by atoms with E-state index in [1.54, 1.807) is 13.0 Å². The third-order valence-electron chi connectivity index (χ3n) is 3.22. The van der Waals surface area contributed by atoms with E-state index in [0.29, 0.717) is 23.9 Å². The van der Waals surface area contributed by atoms with Crippen molar-refractivity contribution in [3.8, 4) is 6.07 Å². The van der Waals surface area contributed by atoms with Gasteiger partial charge in [-0.2, -0.15) is 5.26 Å². The summed E-state index contributed by atoms with van der Waals surface area (Å²) < 4.78 is 6.94. The van der Waals surface area contributed by atoms with Crippen LogP contribution in [0.1, 0.15) is 54.7 Å². The molecule has 2 rings (SSSR count). The lowest BCUT2D eigenvalue weighted by Gasteiger charge is -2.15. The minimum absolute atomic E-state index is 0.333. The van der Waals surface area contributed by atoms with Crippen LogP contribution in [0.4, 0.5) is 0 Å². The van der Waals surface area contributed by atoms with Crippen molar-refractivity contribution in [1.82, 2.24) is 4.57 Å². The molecule has 0 saturated heterocycles. The van der Waals surface area contributed by atoms with E-state index in [1.165, 1.54) is 12.8 Å². The fourth-order valence-corrected chi connectivity index (χ4v) is 2.44. The Bertz CT molecular complexity index is 450. The Balaban J connectivity index is 2.35. The highest BCUT2D eigenvalue weighted by atomic mass is 16.5. The number of carbonyl (C=O) groups is 1. The first kappa shape index (κ1) is 11.7. The van der Waals surface area contributed by atoms with Gasteiger partial charge in [0.25, 0.3) is 0 Å². The van der Waals surface area contributed by atoms with Gasteiger partial charge >= 0.3 is 5.97 Å². The van der Waals surface area contributed by atoms with Crippen LogP contribution in [0.3, 0.4) is 0 Å². The molecule has 0 aliphatic heterocycles. The van der Waals surface area contributed by atoms with E-state index in [2.05, 4.69) is 6.07 Å². The molecule has 0 N–H and O–H groups in total. The molecule has 0 aromatic carbocycles. The van der Waals surface area contributed by atoms with Crippen molar-refractivity contribution in [3.63, 3.8) is 0 Å². The molecule has 0 bridgehead atoms. The normalized spacial score (nSPS) is 15.8. The quantitative estimate of drug-likeness (QED) is 0.753.